The SMILES string of the molecule is CO[C@@H]1[C@H](OP(=O)(O)OC[C@H]2O[C@@H](n3ccc(=O)[nH]c3=O)[C@H](O)[C@@H]2O)[C@@H](COP(=O)(O)OP(=O)(O)OP(=O)(O)OC[C@H]2OC([n+]3cn(C)c4c(=O)[nH]c(N)nc43)[C@H](O)[C@@H]2CNC(C)=O)O[C@H]1n1cnc2c(N)ncnc21. The second-order valence-electron chi connectivity index (χ2n) is 16.8. The number of aryl methyl sites for hydroxylation is 1. The maximum absolute atomic E-state index is 13.6. The summed E-state index contributed by atoms with van der Waals surface area (Å²) in [4.78, 5) is 111. The average Bonchev–Trinajstić information content (AvgIpc) is 4.12. The molecule has 5 unspecified atom stereocenters. The topological polar surface area (TPSA) is 536 Å². The number of anilines is 2. The number of phosphoric ester groups is 3. The zero-order chi connectivity index (χ0) is 55.4. The maximum atomic E-state index is 13.6. The van der Waals surface area contributed by atoms with Crippen molar-refractivity contribution >= 4 is 71.3 Å². The van der Waals surface area contributed by atoms with Crippen LogP contribution in [0.2, 0.25) is 0 Å². The fourth-order valence-electron chi connectivity index (χ4n) is 8.39. The summed E-state index contributed by atoms with van der Waals surface area (Å²) in [6, 6.07) is 0.920. The molecule has 3 saturated heterocycles. The number of H-pyrrole nitrogens is 2. The van der Waals surface area contributed by atoms with Crippen LogP contribution in [0.1, 0.15) is 25.6 Å². The van der Waals surface area contributed by atoms with E-state index in [1.165, 1.54) is 27.1 Å². The van der Waals surface area contributed by atoms with Crippen molar-refractivity contribution in [1.82, 2.24) is 48.9 Å². The van der Waals surface area contributed by atoms with Crippen LogP contribution in [0.3, 0.4) is 0 Å². The Labute approximate surface area is 422 Å². The summed E-state index contributed by atoms with van der Waals surface area (Å²) < 4.78 is 109. The third kappa shape index (κ3) is 12.3. The number of nitrogens with one attached hydrogen (secondary N) is 3. The number of carbonyl (C=O) groups excluding carboxylic acids is 1. The number of carbonyl (C=O) groups is 1. The number of hydrogen-bond acceptors (Lipinski definition) is 27. The predicted molar refractivity (Wildman–Crippen MR) is 244 cm³/mol. The summed E-state index contributed by atoms with van der Waals surface area (Å²) in [5.41, 5.74) is 9.15. The summed E-state index contributed by atoms with van der Waals surface area (Å²) in [6.45, 7) is -2.52. The van der Waals surface area contributed by atoms with E-state index in [0.29, 0.717) is 0 Å². The number of fused-ring (bicyclic) bond motifs is 2. The lowest BCUT2D eigenvalue weighted by atomic mass is 9.98. The van der Waals surface area contributed by atoms with Crippen molar-refractivity contribution in [2.75, 3.05) is 44.9 Å². The molecule has 76 heavy (non-hydrogen) atoms. The maximum Gasteiger partial charge on any atom is 0.490 e. The number of aromatic amines is 2. The molecule has 8 heterocycles. The van der Waals surface area contributed by atoms with Gasteiger partial charge in [0.2, 0.25) is 17.7 Å². The van der Waals surface area contributed by atoms with E-state index in [9.17, 15) is 72.3 Å². The van der Waals surface area contributed by atoms with E-state index in [1.54, 1.807) is 0 Å². The molecule has 3 aliphatic rings. The highest BCUT2D eigenvalue weighted by Crippen LogP contribution is 2.68. The van der Waals surface area contributed by atoms with Crippen LogP contribution in [0, 0.1) is 5.92 Å². The number of rotatable bonds is 21. The van der Waals surface area contributed by atoms with Gasteiger partial charge in [-0.15, -0.1) is 0 Å². The van der Waals surface area contributed by atoms with Crippen LogP contribution in [0.5, 0.6) is 0 Å². The summed E-state index contributed by atoms with van der Waals surface area (Å²) in [5, 5.41) is 35.1. The zero-order valence-electron chi connectivity index (χ0n) is 39.1. The molecule has 0 aromatic carbocycles. The Morgan fingerprint density at radius 3 is 2.12 bits per heavy atom. The molecule has 3 aliphatic heterocycles. The van der Waals surface area contributed by atoms with Crippen molar-refractivity contribution in [1.29, 1.82) is 0 Å². The number of aliphatic hydroxyl groups is 3. The first-order chi connectivity index (χ1) is 35.6. The minimum Gasteiger partial charge on any atom is -0.387 e. The predicted octanol–water partition coefficient (Wildman–Crippen LogP) is -4.48. The number of nitrogens with two attached hydrogens (primary N) is 2. The van der Waals surface area contributed by atoms with Gasteiger partial charge >= 0.3 is 42.6 Å². The number of aliphatic hydroxyl groups excluding tert-OH is 3. The summed E-state index contributed by atoms with van der Waals surface area (Å²) >= 11 is 0. The molecule has 38 nitrogen and oxygen atoms in total. The van der Waals surface area contributed by atoms with Crippen molar-refractivity contribution in [2.24, 2.45) is 13.0 Å². The number of nitrogen functional groups attached to an aromatic ring is 2. The Hall–Kier alpha value is -5.11. The molecule has 0 radical (unpaired) electrons. The molecule has 3 fully saturated rings. The van der Waals surface area contributed by atoms with E-state index in [4.69, 9.17) is 48.5 Å². The van der Waals surface area contributed by atoms with Gasteiger partial charge in [-0.25, -0.2) is 42.6 Å². The van der Waals surface area contributed by atoms with Gasteiger partial charge in [-0.05, 0) is 0 Å². The van der Waals surface area contributed by atoms with Crippen LogP contribution < -0.4 is 38.2 Å². The average molecular weight is 1160 g/mol. The van der Waals surface area contributed by atoms with Crippen molar-refractivity contribution < 1.29 is 108 Å². The molecule has 0 spiro atoms. The van der Waals surface area contributed by atoms with E-state index in [2.05, 4.69) is 38.9 Å². The number of amides is 1. The Morgan fingerprint density at radius 1 is 0.816 bits per heavy atom. The lowest BCUT2D eigenvalue weighted by Crippen LogP contribution is -2.46. The Balaban J connectivity index is 0.946. The van der Waals surface area contributed by atoms with E-state index < -0.39 is 147 Å². The highest BCUT2D eigenvalue weighted by atomic mass is 31.3. The molecule has 418 valence electrons. The van der Waals surface area contributed by atoms with Crippen LogP contribution in [0.15, 0.2) is 45.6 Å². The molecule has 8 rings (SSSR count). The van der Waals surface area contributed by atoms with Crippen molar-refractivity contribution in [3.63, 3.8) is 0 Å². The summed E-state index contributed by atoms with van der Waals surface area (Å²) in [6.07, 6.45) is -13.7. The number of hydrogen-bond donors (Lipinski definition) is 12. The third-order valence-corrected chi connectivity index (χ3v) is 17.0. The van der Waals surface area contributed by atoms with Gasteiger partial charge in [0.15, 0.2) is 30.2 Å². The van der Waals surface area contributed by atoms with Gasteiger partial charge in [-0.1, -0.05) is 4.98 Å². The van der Waals surface area contributed by atoms with Gasteiger partial charge in [0.05, 0.1) is 39.3 Å². The van der Waals surface area contributed by atoms with Crippen LogP contribution in [-0.4, -0.2) is 167 Å². The molecule has 14 N–H and O–H groups in total. The lowest BCUT2D eigenvalue weighted by Gasteiger charge is -2.26. The molecule has 0 saturated carbocycles. The number of phosphoric acid groups is 4. The normalized spacial score (nSPS) is 30.0. The van der Waals surface area contributed by atoms with E-state index in [1.807, 2.05) is 4.98 Å². The first-order valence-electron chi connectivity index (χ1n) is 21.7. The first-order valence-corrected chi connectivity index (χ1v) is 27.7. The number of imidazole rings is 2. The molecule has 16 atom stereocenters. The second-order valence-corrected chi connectivity index (χ2v) is 22.9. The van der Waals surface area contributed by atoms with Gasteiger partial charge < -0.3 is 70.6 Å². The van der Waals surface area contributed by atoms with Crippen molar-refractivity contribution in [3.8, 4) is 0 Å². The lowest BCUT2D eigenvalue weighted by molar-refractivity contribution is -0.745. The highest BCUT2D eigenvalue weighted by molar-refractivity contribution is 7.66. The van der Waals surface area contributed by atoms with Gasteiger partial charge in [0.25, 0.3) is 17.1 Å². The van der Waals surface area contributed by atoms with Crippen molar-refractivity contribution in [2.45, 2.75) is 74.4 Å². The van der Waals surface area contributed by atoms with Gasteiger partial charge in [0.1, 0.15) is 54.6 Å². The second kappa shape index (κ2) is 22.0. The minimum atomic E-state index is -6.22. The van der Waals surface area contributed by atoms with E-state index >= 15 is 0 Å². The zero-order valence-corrected chi connectivity index (χ0v) is 42.7. The monoisotopic (exact) mass is 1160 g/mol. The fraction of sp³-hybridized carbons (Fsp3) is 0.559. The molecule has 1 amide bonds. The van der Waals surface area contributed by atoms with Gasteiger partial charge in [0, 0.05) is 38.8 Å². The van der Waals surface area contributed by atoms with Crippen LogP contribution in [0.25, 0.3) is 22.3 Å². The summed E-state index contributed by atoms with van der Waals surface area (Å²) in [5.74, 6) is -2.12. The van der Waals surface area contributed by atoms with Gasteiger partial charge in [-0.2, -0.15) is 8.62 Å². The molecule has 5 aromatic rings. The highest BCUT2D eigenvalue weighted by Gasteiger charge is 2.54. The Bertz CT molecular complexity index is 3370. The first kappa shape index (κ1) is 57.1. The quantitative estimate of drug-likeness (QED) is 0.0243. The minimum absolute atomic E-state index is 0.00119. The third-order valence-electron chi connectivity index (χ3n) is 11.7. The van der Waals surface area contributed by atoms with Gasteiger partial charge in [-0.3, -0.25) is 56.1 Å². The van der Waals surface area contributed by atoms with Crippen LogP contribution in [0.4, 0.5) is 11.8 Å². The van der Waals surface area contributed by atoms with Crippen molar-refractivity contribution in [3.05, 3.63) is 62.4 Å². The largest absolute Gasteiger partial charge is 0.490 e. The standard InChI is InChI=1S/C34H47N13O25P4/c1-13(48)37-6-14-15(67-30(21(14)50)47-12-44(2)20-28(47)42-33(36)43-29(20)53)7-65-74(57,58)71-76(61,62)72-75(59,60)66-9-17-24(25(63-3)32(69-17)46-11-40-19-26(35)38-10-39-27(19)46)70-73(55,56)64-8-16-22(51)23(52)31(68-16)45-5-4-18(49)41-34(45)54/h4-5,10-12,14-17,21-25,30-32,50-52H,6-9H2,1-3H3,(H10-,35,36,37,38,39,41,42,43,48,49,53,54,55,56,57,58,59,60,61,62)/p+1/t14-,15-,16-,17-,21-,22-,23-,24-,25-,30?,31-,32-/m1/s1. The molecule has 0 aliphatic carbocycles. The van der Waals surface area contributed by atoms with E-state index in [0.717, 1.165) is 43.5 Å². The van der Waals surface area contributed by atoms with Crippen LogP contribution in [-0.2, 0) is 75.8 Å². The Kier molecular flexibility index (Phi) is 16.5. The molecular weight excluding hydrogens is 1110 g/mol. The number of nitrogens with zero attached hydrogens (tertiary/aromatic N) is 8. The summed E-state index contributed by atoms with van der Waals surface area (Å²) in [7, 11) is -21.0. The molecule has 5 aromatic heterocycles. The number of ether oxygens (including phenoxy) is 4. The Morgan fingerprint density at radius 2 is 1.46 bits per heavy atom. The number of aromatic nitrogens is 10. The van der Waals surface area contributed by atoms with E-state index in [-0.39, 0.29) is 40.6 Å². The van der Waals surface area contributed by atoms with Crippen LogP contribution >= 0.6 is 31.3 Å². The molecular formula is C34H48N13O25P4+. The fourth-order valence-corrected chi connectivity index (χ4v) is 12.9. The smallest absolute Gasteiger partial charge is 0.387 e. The molecule has 0 bridgehead atoms. The molecule has 42 heteroatoms. The number of methoxy groups -OCH3 is 1.